The summed E-state index contributed by atoms with van der Waals surface area (Å²) in [6.07, 6.45) is 1.63. The van der Waals surface area contributed by atoms with Crippen LogP contribution in [0.3, 0.4) is 0 Å². The molecule has 0 saturated carbocycles. The number of carboxylic acids is 1. The highest BCUT2D eigenvalue weighted by Crippen LogP contribution is 1.89. The van der Waals surface area contributed by atoms with Crippen LogP contribution in [0.2, 0.25) is 0 Å². The molecule has 0 aromatic rings. The van der Waals surface area contributed by atoms with Gasteiger partial charge in [0.15, 0.2) is 0 Å². The van der Waals surface area contributed by atoms with Gasteiger partial charge in [0.1, 0.15) is 5.70 Å². The summed E-state index contributed by atoms with van der Waals surface area (Å²) in [6.45, 7) is 3.21. The number of aliphatic carboxylic acids is 1. The first-order valence-corrected chi connectivity index (χ1v) is 3.31. The van der Waals surface area contributed by atoms with Crippen LogP contribution in [0.15, 0.2) is 11.8 Å². The van der Waals surface area contributed by atoms with Crippen molar-refractivity contribution in [2.24, 2.45) is 0 Å². The molecule has 4 nitrogen and oxygen atoms in total. The molecule has 0 aromatic carbocycles. The normalized spacial score (nSPS) is 10.9. The minimum atomic E-state index is -1.12. The van der Waals surface area contributed by atoms with E-state index in [9.17, 15) is 9.59 Å². The average Bonchev–Trinajstić information content (AvgIpc) is 1.99. The van der Waals surface area contributed by atoms with Gasteiger partial charge in [-0.3, -0.25) is 4.79 Å². The lowest BCUT2D eigenvalue weighted by molar-refractivity contribution is -0.134. The molecule has 0 saturated heterocycles. The van der Waals surface area contributed by atoms with E-state index in [0.29, 0.717) is 0 Å². The van der Waals surface area contributed by atoms with Crippen molar-refractivity contribution < 1.29 is 14.7 Å². The van der Waals surface area contributed by atoms with Crippen molar-refractivity contribution >= 4 is 11.9 Å². The zero-order valence-electron chi connectivity index (χ0n) is 6.55. The lowest BCUT2D eigenvalue weighted by Crippen LogP contribution is -2.26. The molecule has 0 radical (unpaired) electrons. The molecule has 0 spiro atoms. The number of hydrogen-bond donors (Lipinski definition) is 2. The summed E-state index contributed by atoms with van der Waals surface area (Å²) in [7, 11) is 0. The Balaban J connectivity index is 4.12. The third-order valence-electron chi connectivity index (χ3n) is 1.11. The van der Waals surface area contributed by atoms with Gasteiger partial charge in [-0.1, -0.05) is 13.0 Å². The Labute approximate surface area is 64.9 Å². The summed E-state index contributed by atoms with van der Waals surface area (Å²) >= 11 is 0. The van der Waals surface area contributed by atoms with Crippen molar-refractivity contribution in [1.82, 2.24) is 5.32 Å². The van der Waals surface area contributed by atoms with Crippen LogP contribution in [0.25, 0.3) is 0 Å². The first-order chi connectivity index (χ1) is 5.11. The molecular formula is C7H11NO3. The lowest BCUT2D eigenvalue weighted by Gasteiger charge is -2.01. The fourth-order valence-electron chi connectivity index (χ4n) is 0.488. The minimum Gasteiger partial charge on any atom is -0.477 e. The molecule has 0 rings (SSSR count). The van der Waals surface area contributed by atoms with Crippen molar-refractivity contribution in [2.45, 2.75) is 20.3 Å². The number of carboxylic acid groups (broad SMARTS) is 1. The van der Waals surface area contributed by atoms with E-state index in [0.717, 1.165) is 0 Å². The molecule has 0 bridgehead atoms. The topological polar surface area (TPSA) is 66.4 Å². The number of allylic oxidation sites excluding steroid dienone is 1. The van der Waals surface area contributed by atoms with Gasteiger partial charge in [-0.05, 0) is 6.92 Å². The van der Waals surface area contributed by atoms with Crippen LogP contribution in [0.5, 0.6) is 0 Å². The van der Waals surface area contributed by atoms with Crippen LogP contribution in [0, 0.1) is 0 Å². The molecule has 0 unspecified atom stereocenters. The maximum Gasteiger partial charge on any atom is 0.352 e. The molecule has 0 aliphatic rings. The second-order valence-corrected chi connectivity index (χ2v) is 1.91. The third kappa shape index (κ3) is 3.40. The van der Waals surface area contributed by atoms with Crippen LogP contribution < -0.4 is 5.32 Å². The van der Waals surface area contributed by atoms with Crippen LogP contribution >= 0.6 is 0 Å². The van der Waals surface area contributed by atoms with Gasteiger partial charge < -0.3 is 10.4 Å². The van der Waals surface area contributed by atoms with Crippen molar-refractivity contribution in [3.63, 3.8) is 0 Å². The maximum absolute atomic E-state index is 10.7. The smallest absolute Gasteiger partial charge is 0.352 e. The standard InChI is InChI=1S/C7H11NO3/c1-3-5(7(10)11)8-6(9)4-2/h3H,4H2,1-2H3,(H,8,9)(H,10,11)/b5-3-. The first-order valence-electron chi connectivity index (χ1n) is 3.31. The fourth-order valence-corrected chi connectivity index (χ4v) is 0.488. The van der Waals surface area contributed by atoms with Crippen molar-refractivity contribution in [2.75, 3.05) is 0 Å². The Bertz CT molecular complexity index is 196. The highest BCUT2D eigenvalue weighted by Gasteiger charge is 2.07. The average molecular weight is 157 g/mol. The lowest BCUT2D eigenvalue weighted by atomic mass is 10.3. The second-order valence-electron chi connectivity index (χ2n) is 1.91. The molecule has 11 heavy (non-hydrogen) atoms. The number of carbonyl (C=O) groups is 2. The highest BCUT2D eigenvalue weighted by molar-refractivity contribution is 5.92. The fraction of sp³-hybridized carbons (Fsp3) is 0.429. The van der Waals surface area contributed by atoms with Gasteiger partial charge in [-0.2, -0.15) is 0 Å². The van der Waals surface area contributed by atoms with Gasteiger partial charge in [-0.15, -0.1) is 0 Å². The van der Waals surface area contributed by atoms with Gasteiger partial charge in [-0.25, -0.2) is 4.79 Å². The van der Waals surface area contributed by atoms with E-state index < -0.39 is 5.97 Å². The molecule has 0 aliphatic heterocycles. The van der Waals surface area contributed by atoms with E-state index in [1.165, 1.54) is 6.08 Å². The minimum absolute atomic E-state index is 0.0724. The summed E-state index contributed by atoms with van der Waals surface area (Å²) in [5, 5.41) is 10.7. The van der Waals surface area contributed by atoms with Crippen LogP contribution in [-0.2, 0) is 9.59 Å². The van der Waals surface area contributed by atoms with E-state index in [2.05, 4.69) is 5.32 Å². The second kappa shape index (κ2) is 4.49. The first kappa shape index (κ1) is 9.68. The van der Waals surface area contributed by atoms with E-state index in [4.69, 9.17) is 5.11 Å². The van der Waals surface area contributed by atoms with Crippen molar-refractivity contribution in [1.29, 1.82) is 0 Å². The van der Waals surface area contributed by atoms with Crippen LogP contribution in [0.4, 0.5) is 0 Å². The molecule has 1 amide bonds. The molecule has 0 aromatic heterocycles. The molecule has 0 aliphatic carbocycles. The molecule has 4 heteroatoms. The third-order valence-corrected chi connectivity index (χ3v) is 1.11. The molecule has 0 atom stereocenters. The molecule has 0 heterocycles. The van der Waals surface area contributed by atoms with Crippen molar-refractivity contribution in [3.8, 4) is 0 Å². The molecule has 0 fully saturated rings. The molecular weight excluding hydrogens is 146 g/mol. The summed E-state index contributed by atoms with van der Waals surface area (Å²) in [5.74, 6) is -1.41. The summed E-state index contributed by atoms with van der Waals surface area (Å²) in [6, 6.07) is 0. The number of rotatable bonds is 3. The Morgan fingerprint density at radius 2 is 2.09 bits per heavy atom. The Kier molecular flexibility index (Phi) is 3.95. The van der Waals surface area contributed by atoms with E-state index in [1.54, 1.807) is 13.8 Å². The predicted molar refractivity (Wildman–Crippen MR) is 39.8 cm³/mol. The summed E-state index contributed by atoms with van der Waals surface area (Å²) < 4.78 is 0. The quantitative estimate of drug-likeness (QED) is 0.586. The number of amides is 1. The SMILES string of the molecule is C/C=C(\NC(=O)CC)C(=O)O. The largest absolute Gasteiger partial charge is 0.477 e. The van der Waals surface area contributed by atoms with E-state index >= 15 is 0 Å². The maximum atomic E-state index is 10.7. The van der Waals surface area contributed by atoms with Crippen LogP contribution in [0.1, 0.15) is 20.3 Å². The summed E-state index contributed by atoms with van der Waals surface area (Å²) in [5.41, 5.74) is -0.0724. The zero-order valence-corrected chi connectivity index (χ0v) is 6.55. The van der Waals surface area contributed by atoms with E-state index in [1.807, 2.05) is 0 Å². The number of hydrogen-bond acceptors (Lipinski definition) is 2. The Hall–Kier alpha value is -1.32. The molecule has 62 valence electrons. The van der Waals surface area contributed by atoms with Gasteiger partial charge in [0.25, 0.3) is 0 Å². The van der Waals surface area contributed by atoms with E-state index in [-0.39, 0.29) is 18.0 Å². The molecule has 2 N–H and O–H groups in total. The highest BCUT2D eigenvalue weighted by atomic mass is 16.4. The monoisotopic (exact) mass is 157 g/mol. The van der Waals surface area contributed by atoms with Gasteiger partial charge in [0, 0.05) is 6.42 Å². The van der Waals surface area contributed by atoms with Gasteiger partial charge in [0.2, 0.25) is 5.91 Å². The summed E-state index contributed by atoms with van der Waals surface area (Å²) in [4.78, 5) is 21.0. The van der Waals surface area contributed by atoms with Crippen LogP contribution in [-0.4, -0.2) is 17.0 Å². The van der Waals surface area contributed by atoms with Gasteiger partial charge in [0.05, 0.1) is 0 Å². The number of nitrogens with one attached hydrogen (secondary N) is 1. The predicted octanol–water partition coefficient (Wildman–Crippen LogP) is 0.501. The van der Waals surface area contributed by atoms with Gasteiger partial charge >= 0.3 is 5.97 Å². The Morgan fingerprint density at radius 1 is 1.55 bits per heavy atom. The van der Waals surface area contributed by atoms with Crippen molar-refractivity contribution in [3.05, 3.63) is 11.8 Å². The number of carbonyl (C=O) groups excluding carboxylic acids is 1. The Morgan fingerprint density at radius 3 is 2.36 bits per heavy atom. The zero-order chi connectivity index (χ0) is 8.85.